The summed E-state index contributed by atoms with van der Waals surface area (Å²) in [7, 11) is 0. The topological polar surface area (TPSA) is 69.1 Å². The van der Waals surface area contributed by atoms with Crippen LogP contribution in [0, 0.1) is 5.92 Å². The highest BCUT2D eigenvalue weighted by atomic mass is 16.1. The molecule has 0 bridgehead atoms. The molecule has 1 amide bonds. The molecule has 1 aliphatic carbocycles. The Morgan fingerprint density at radius 3 is 2.69 bits per heavy atom. The number of primary amides is 1. The largest absolute Gasteiger partial charge is 0.369 e. The SMILES string of the molecule is NC(=O)C1Cc2ccccc2C1N. The van der Waals surface area contributed by atoms with Crippen LogP contribution in [0.5, 0.6) is 0 Å². The molecule has 3 heteroatoms. The van der Waals surface area contributed by atoms with Crippen molar-refractivity contribution in [1.29, 1.82) is 0 Å². The van der Waals surface area contributed by atoms with E-state index < -0.39 is 0 Å². The van der Waals surface area contributed by atoms with Crippen molar-refractivity contribution in [3.8, 4) is 0 Å². The predicted octanol–water partition coefficient (Wildman–Crippen LogP) is 0.344. The molecule has 13 heavy (non-hydrogen) atoms. The van der Waals surface area contributed by atoms with Gasteiger partial charge in [0.15, 0.2) is 0 Å². The van der Waals surface area contributed by atoms with Gasteiger partial charge in [-0.1, -0.05) is 24.3 Å². The smallest absolute Gasteiger partial charge is 0.222 e. The normalized spacial score (nSPS) is 25.6. The van der Waals surface area contributed by atoms with Crippen molar-refractivity contribution in [1.82, 2.24) is 0 Å². The Kier molecular flexibility index (Phi) is 1.81. The molecule has 2 atom stereocenters. The van der Waals surface area contributed by atoms with Gasteiger partial charge in [-0.15, -0.1) is 0 Å². The van der Waals surface area contributed by atoms with Gasteiger partial charge in [-0.3, -0.25) is 4.79 Å². The average Bonchev–Trinajstić information content (AvgIpc) is 2.45. The van der Waals surface area contributed by atoms with Crippen LogP contribution in [0.2, 0.25) is 0 Å². The fourth-order valence-electron chi connectivity index (χ4n) is 1.90. The molecule has 0 spiro atoms. The number of nitrogens with two attached hydrogens (primary N) is 2. The Morgan fingerprint density at radius 1 is 1.38 bits per heavy atom. The molecule has 1 aromatic carbocycles. The molecule has 2 unspecified atom stereocenters. The second kappa shape index (κ2) is 2.85. The molecule has 0 aromatic heterocycles. The van der Waals surface area contributed by atoms with E-state index in [9.17, 15) is 4.79 Å². The molecule has 2 rings (SSSR count). The zero-order chi connectivity index (χ0) is 9.42. The molecule has 3 nitrogen and oxygen atoms in total. The van der Waals surface area contributed by atoms with Crippen molar-refractivity contribution in [3.63, 3.8) is 0 Å². The lowest BCUT2D eigenvalue weighted by Crippen LogP contribution is -2.30. The summed E-state index contributed by atoms with van der Waals surface area (Å²) in [6.07, 6.45) is 0.687. The summed E-state index contributed by atoms with van der Waals surface area (Å²) in [5.74, 6) is -0.527. The maximum atomic E-state index is 11.0. The predicted molar refractivity (Wildman–Crippen MR) is 49.8 cm³/mol. The van der Waals surface area contributed by atoms with Crippen LogP contribution in [0.4, 0.5) is 0 Å². The van der Waals surface area contributed by atoms with Crippen molar-refractivity contribution in [2.24, 2.45) is 17.4 Å². The van der Waals surface area contributed by atoms with Crippen molar-refractivity contribution in [2.45, 2.75) is 12.5 Å². The maximum absolute atomic E-state index is 11.0. The molecule has 0 aliphatic heterocycles. The van der Waals surface area contributed by atoms with Gasteiger partial charge in [-0.2, -0.15) is 0 Å². The summed E-state index contributed by atoms with van der Waals surface area (Å²) >= 11 is 0. The van der Waals surface area contributed by atoms with Gasteiger partial charge >= 0.3 is 0 Å². The number of rotatable bonds is 1. The van der Waals surface area contributed by atoms with Crippen molar-refractivity contribution in [2.75, 3.05) is 0 Å². The van der Waals surface area contributed by atoms with Crippen LogP contribution in [0.1, 0.15) is 17.2 Å². The third-order valence-electron chi connectivity index (χ3n) is 2.65. The first-order valence-electron chi connectivity index (χ1n) is 4.33. The summed E-state index contributed by atoms with van der Waals surface area (Å²) in [5.41, 5.74) is 13.4. The van der Waals surface area contributed by atoms with Gasteiger partial charge in [-0.25, -0.2) is 0 Å². The summed E-state index contributed by atoms with van der Waals surface area (Å²) in [4.78, 5) is 11.0. The Labute approximate surface area is 76.7 Å². The highest BCUT2D eigenvalue weighted by Gasteiger charge is 2.32. The zero-order valence-electron chi connectivity index (χ0n) is 7.23. The first kappa shape index (κ1) is 8.26. The Hall–Kier alpha value is -1.35. The van der Waals surface area contributed by atoms with E-state index in [1.165, 1.54) is 0 Å². The monoisotopic (exact) mass is 176 g/mol. The summed E-state index contributed by atoms with van der Waals surface area (Å²) < 4.78 is 0. The summed E-state index contributed by atoms with van der Waals surface area (Å²) in [5, 5.41) is 0. The van der Waals surface area contributed by atoms with Gasteiger partial charge < -0.3 is 11.5 Å². The number of fused-ring (bicyclic) bond motifs is 1. The van der Waals surface area contributed by atoms with Crippen LogP contribution in [0.15, 0.2) is 24.3 Å². The van der Waals surface area contributed by atoms with Crippen molar-refractivity contribution in [3.05, 3.63) is 35.4 Å². The minimum atomic E-state index is -0.302. The van der Waals surface area contributed by atoms with Gasteiger partial charge in [-0.05, 0) is 17.5 Å². The lowest BCUT2D eigenvalue weighted by molar-refractivity contribution is -0.122. The van der Waals surface area contributed by atoms with E-state index in [1.54, 1.807) is 0 Å². The van der Waals surface area contributed by atoms with Crippen molar-refractivity contribution < 1.29 is 4.79 Å². The molecule has 1 aliphatic rings. The van der Waals surface area contributed by atoms with E-state index >= 15 is 0 Å². The van der Waals surface area contributed by atoms with E-state index in [2.05, 4.69) is 0 Å². The standard InChI is InChI=1S/C10H12N2O/c11-9-7-4-2-1-3-6(7)5-8(9)10(12)13/h1-4,8-9H,5,11H2,(H2,12,13). The second-order valence-corrected chi connectivity index (χ2v) is 3.44. The minimum absolute atomic E-state index is 0.214. The van der Waals surface area contributed by atoms with Crippen molar-refractivity contribution >= 4 is 5.91 Å². The van der Waals surface area contributed by atoms with E-state index in [0.29, 0.717) is 6.42 Å². The molecule has 1 aromatic rings. The van der Waals surface area contributed by atoms with Crippen LogP contribution < -0.4 is 11.5 Å². The molecule has 0 saturated heterocycles. The van der Waals surface area contributed by atoms with Gasteiger partial charge in [0.05, 0.1) is 5.92 Å². The van der Waals surface area contributed by atoms with Crippen LogP contribution in [0.3, 0.4) is 0 Å². The molecule has 0 radical (unpaired) electrons. The molecule has 68 valence electrons. The Bertz CT molecular complexity index is 349. The van der Waals surface area contributed by atoms with Gasteiger partial charge in [0.2, 0.25) is 5.91 Å². The molecular weight excluding hydrogens is 164 g/mol. The van der Waals surface area contributed by atoms with E-state index in [1.807, 2.05) is 24.3 Å². The van der Waals surface area contributed by atoms with Crippen LogP contribution in [0.25, 0.3) is 0 Å². The Morgan fingerprint density at radius 2 is 2.08 bits per heavy atom. The molecule has 4 N–H and O–H groups in total. The number of carbonyl (C=O) groups excluding carboxylic acids is 1. The fourth-order valence-corrected chi connectivity index (χ4v) is 1.90. The third-order valence-corrected chi connectivity index (χ3v) is 2.65. The third kappa shape index (κ3) is 1.21. The zero-order valence-corrected chi connectivity index (χ0v) is 7.23. The van der Waals surface area contributed by atoms with E-state index in [0.717, 1.165) is 11.1 Å². The van der Waals surface area contributed by atoms with Gasteiger partial charge in [0, 0.05) is 6.04 Å². The van der Waals surface area contributed by atoms with Crippen LogP contribution >= 0.6 is 0 Å². The summed E-state index contributed by atoms with van der Waals surface area (Å²) in [6.45, 7) is 0. The highest BCUT2D eigenvalue weighted by Crippen LogP contribution is 2.33. The first-order chi connectivity index (χ1) is 6.20. The van der Waals surface area contributed by atoms with Gasteiger partial charge in [0.25, 0.3) is 0 Å². The summed E-state index contributed by atoms with van der Waals surface area (Å²) in [6, 6.07) is 7.63. The lowest BCUT2D eigenvalue weighted by Gasteiger charge is -2.10. The number of hydrogen-bond acceptors (Lipinski definition) is 2. The second-order valence-electron chi connectivity index (χ2n) is 3.44. The average molecular weight is 176 g/mol. The van der Waals surface area contributed by atoms with E-state index in [4.69, 9.17) is 11.5 Å². The highest BCUT2D eigenvalue weighted by molar-refractivity contribution is 5.79. The number of hydrogen-bond donors (Lipinski definition) is 2. The number of benzene rings is 1. The number of carbonyl (C=O) groups is 1. The maximum Gasteiger partial charge on any atom is 0.222 e. The number of amides is 1. The lowest BCUT2D eigenvalue weighted by atomic mass is 10.0. The fraction of sp³-hybridized carbons (Fsp3) is 0.300. The molecular formula is C10H12N2O. The first-order valence-corrected chi connectivity index (χ1v) is 4.33. The minimum Gasteiger partial charge on any atom is -0.369 e. The quantitative estimate of drug-likeness (QED) is 0.648. The van der Waals surface area contributed by atoms with E-state index in [-0.39, 0.29) is 17.9 Å². The molecule has 0 heterocycles. The molecule has 0 saturated carbocycles. The van der Waals surface area contributed by atoms with Gasteiger partial charge in [0.1, 0.15) is 0 Å². The molecule has 0 fully saturated rings. The van der Waals surface area contributed by atoms with Crippen LogP contribution in [-0.4, -0.2) is 5.91 Å². The van der Waals surface area contributed by atoms with Crippen LogP contribution in [-0.2, 0) is 11.2 Å². The Balaban J connectivity index is 2.38.